The summed E-state index contributed by atoms with van der Waals surface area (Å²) in [6.07, 6.45) is 13.5. The summed E-state index contributed by atoms with van der Waals surface area (Å²) in [5, 5.41) is 0. The molecule has 0 amide bonds. The van der Waals surface area contributed by atoms with E-state index in [0.717, 1.165) is 38.5 Å². The first kappa shape index (κ1) is 20.7. The lowest BCUT2D eigenvalue weighted by Gasteiger charge is -2.03. The number of unbranched alkanes of at least 4 members (excludes halogenated alkanes) is 1. The van der Waals surface area contributed by atoms with Crippen LogP contribution >= 0.6 is 0 Å². The Bertz CT molecular complexity index is 396. The highest BCUT2D eigenvalue weighted by molar-refractivity contribution is 5.69. The molecule has 0 aliphatic carbocycles. The molecule has 0 aliphatic heterocycles. The second kappa shape index (κ2) is 13.4. The molecule has 0 aromatic heterocycles. The van der Waals surface area contributed by atoms with Crippen LogP contribution in [0.25, 0.3) is 0 Å². The molecule has 0 bridgehead atoms. The van der Waals surface area contributed by atoms with Gasteiger partial charge in [0.1, 0.15) is 6.61 Å². The number of carbonyl (C=O) groups excluding carboxylic acids is 1. The van der Waals surface area contributed by atoms with Gasteiger partial charge >= 0.3 is 5.97 Å². The Hall–Kier alpha value is -1.31. The van der Waals surface area contributed by atoms with E-state index in [4.69, 9.17) is 4.74 Å². The van der Waals surface area contributed by atoms with Crippen LogP contribution < -0.4 is 0 Å². The SMILES string of the molecule is CCCCC(=O)OC/C=C(\C)CC/C=C(\C)CCC=C(C)C. The van der Waals surface area contributed by atoms with Crippen molar-refractivity contribution in [3.63, 3.8) is 0 Å². The average molecular weight is 306 g/mol. The molecule has 0 rings (SSSR count). The Morgan fingerprint density at radius 1 is 0.864 bits per heavy atom. The van der Waals surface area contributed by atoms with Gasteiger partial charge in [-0.3, -0.25) is 4.79 Å². The lowest BCUT2D eigenvalue weighted by molar-refractivity contribution is -0.142. The minimum absolute atomic E-state index is 0.0825. The monoisotopic (exact) mass is 306 g/mol. The fourth-order valence-electron chi connectivity index (χ4n) is 2.01. The molecule has 0 aromatic rings. The molecule has 0 heterocycles. The maximum atomic E-state index is 11.4. The Morgan fingerprint density at radius 2 is 1.45 bits per heavy atom. The Kier molecular flexibility index (Phi) is 12.6. The summed E-state index contributed by atoms with van der Waals surface area (Å²) >= 11 is 0. The number of hydrogen-bond acceptors (Lipinski definition) is 2. The molecule has 0 atom stereocenters. The minimum atomic E-state index is -0.0825. The van der Waals surface area contributed by atoms with E-state index in [9.17, 15) is 4.79 Å². The molecule has 0 radical (unpaired) electrons. The summed E-state index contributed by atoms with van der Waals surface area (Å²) in [4.78, 5) is 11.4. The van der Waals surface area contributed by atoms with Crippen LogP contribution in [0.15, 0.2) is 34.9 Å². The van der Waals surface area contributed by atoms with Gasteiger partial charge < -0.3 is 4.74 Å². The van der Waals surface area contributed by atoms with Gasteiger partial charge in [0, 0.05) is 6.42 Å². The number of esters is 1. The summed E-state index contributed by atoms with van der Waals surface area (Å²) in [5.74, 6) is -0.0825. The summed E-state index contributed by atoms with van der Waals surface area (Å²) < 4.78 is 5.18. The van der Waals surface area contributed by atoms with Gasteiger partial charge in [0.05, 0.1) is 0 Å². The molecule has 2 heteroatoms. The van der Waals surface area contributed by atoms with Crippen molar-refractivity contribution in [3.05, 3.63) is 34.9 Å². The van der Waals surface area contributed by atoms with E-state index >= 15 is 0 Å². The first-order chi connectivity index (χ1) is 10.5. The molecular formula is C20H34O2. The van der Waals surface area contributed by atoms with Crippen molar-refractivity contribution in [1.29, 1.82) is 0 Å². The summed E-state index contributed by atoms with van der Waals surface area (Å²) in [6, 6.07) is 0. The van der Waals surface area contributed by atoms with E-state index in [2.05, 4.69) is 46.8 Å². The molecule has 2 nitrogen and oxygen atoms in total. The van der Waals surface area contributed by atoms with Crippen LogP contribution in [0.1, 0.15) is 79.6 Å². The van der Waals surface area contributed by atoms with Crippen molar-refractivity contribution in [2.45, 2.75) is 79.6 Å². The van der Waals surface area contributed by atoms with Crippen molar-refractivity contribution in [2.24, 2.45) is 0 Å². The standard InChI is InChI=1S/C20H34O2/c1-6-7-14-20(21)22-16-15-19(5)13-9-12-18(4)11-8-10-17(2)3/h10,12,15H,6-9,11,13-14,16H2,1-5H3/b18-12+,19-15+. The fraction of sp³-hybridized carbons (Fsp3) is 0.650. The van der Waals surface area contributed by atoms with Crippen molar-refractivity contribution < 1.29 is 9.53 Å². The molecule has 0 saturated heterocycles. The normalized spacial score (nSPS) is 12.2. The predicted molar refractivity (Wildman–Crippen MR) is 95.9 cm³/mol. The Labute approximate surface area is 137 Å². The first-order valence-corrected chi connectivity index (χ1v) is 8.56. The zero-order valence-corrected chi connectivity index (χ0v) is 15.2. The van der Waals surface area contributed by atoms with Crippen LogP contribution in [0.5, 0.6) is 0 Å². The molecule has 0 aliphatic rings. The molecule has 22 heavy (non-hydrogen) atoms. The molecule has 0 N–H and O–H groups in total. The zero-order chi connectivity index (χ0) is 16.8. The van der Waals surface area contributed by atoms with E-state index in [-0.39, 0.29) is 5.97 Å². The van der Waals surface area contributed by atoms with E-state index < -0.39 is 0 Å². The molecular weight excluding hydrogens is 272 g/mol. The fourth-order valence-corrected chi connectivity index (χ4v) is 2.01. The van der Waals surface area contributed by atoms with E-state index in [0.29, 0.717) is 13.0 Å². The van der Waals surface area contributed by atoms with Gasteiger partial charge in [-0.25, -0.2) is 0 Å². The number of rotatable bonds is 11. The van der Waals surface area contributed by atoms with Crippen molar-refractivity contribution in [3.8, 4) is 0 Å². The van der Waals surface area contributed by atoms with Gasteiger partial charge in [0.2, 0.25) is 0 Å². The van der Waals surface area contributed by atoms with Crippen molar-refractivity contribution in [2.75, 3.05) is 6.61 Å². The minimum Gasteiger partial charge on any atom is -0.461 e. The van der Waals surface area contributed by atoms with E-state index in [1.54, 1.807) is 0 Å². The number of ether oxygens (including phenoxy) is 1. The molecule has 0 saturated carbocycles. The quantitative estimate of drug-likeness (QED) is 0.338. The van der Waals surface area contributed by atoms with Crippen molar-refractivity contribution >= 4 is 5.97 Å². The summed E-state index contributed by atoms with van der Waals surface area (Å²) in [6.45, 7) is 11.1. The topological polar surface area (TPSA) is 26.3 Å². The van der Waals surface area contributed by atoms with Gasteiger partial charge in [-0.1, -0.05) is 42.2 Å². The molecule has 0 unspecified atom stereocenters. The van der Waals surface area contributed by atoms with Gasteiger partial charge in [-0.05, 0) is 65.9 Å². The number of allylic oxidation sites excluding steroid dienone is 5. The summed E-state index contributed by atoms with van der Waals surface area (Å²) in [7, 11) is 0. The smallest absolute Gasteiger partial charge is 0.306 e. The van der Waals surface area contributed by atoms with Crippen LogP contribution in [0.2, 0.25) is 0 Å². The third kappa shape index (κ3) is 13.7. The third-order valence-corrected chi connectivity index (χ3v) is 3.53. The lowest BCUT2D eigenvalue weighted by Crippen LogP contribution is -2.04. The second-order valence-corrected chi connectivity index (χ2v) is 6.25. The van der Waals surface area contributed by atoms with Crippen LogP contribution in [0.4, 0.5) is 0 Å². The van der Waals surface area contributed by atoms with Gasteiger partial charge in [-0.15, -0.1) is 0 Å². The summed E-state index contributed by atoms with van der Waals surface area (Å²) in [5.41, 5.74) is 4.13. The zero-order valence-electron chi connectivity index (χ0n) is 15.2. The molecule has 126 valence electrons. The van der Waals surface area contributed by atoms with Gasteiger partial charge in [0.25, 0.3) is 0 Å². The molecule has 0 aromatic carbocycles. The maximum Gasteiger partial charge on any atom is 0.306 e. The largest absolute Gasteiger partial charge is 0.461 e. The van der Waals surface area contributed by atoms with Gasteiger partial charge in [0.15, 0.2) is 0 Å². The highest BCUT2D eigenvalue weighted by atomic mass is 16.5. The van der Waals surface area contributed by atoms with Crippen molar-refractivity contribution in [1.82, 2.24) is 0 Å². The molecule has 0 spiro atoms. The van der Waals surface area contributed by atoms with E-state index in [1.165, 1.54) is 16.7 Å². The van der Waals surface area contributed by atoms with Crippen LogP contribution in [-0.4, -0.2) is 12.6 Å². The maximum absolute atomic E-state index is 11.4. The highest BCUT2D eigenvalue weighted by Crippen LogP contribution is 2.11. The lowest BCUT2D eigenvalue weighted by atomic mass is 10.1. The highest BCUT2D eigenvalue weighted by Gasteiger charge is 1.99. The third-order valence-electron chi connectivity index (χ3n) is 3.53. The van der Waals surface area contributed by atoms with Gasteiger partial charge in [-0.2, -0.15) is 0 Å². The van der Waals surface area contributed by atoms with Crippen LogP contribution in [0, 0.1) is 0 Å². The average Bonchev–Trinajstić information content (AvgIpc) is 2.44. The second-order valence-electron chi connectivity index (χ2n) is 6.25. The molecule has 0 fully saturated rings. The first-order valence-electron chi connectivity index (χ1n) is 8.56. The number of carbonyl (C=O) groups is 1. The van der Waals surface area contributed by atoms with Crippen LogP contribution in [-0.2, 0) is 9.53 Å². The van der Waals surface area contributed by atoms with Crippen LogP contribution in [0.3, 0.4) is 0 Å². The predicted octanol–water partition coefficient (Wildman–Crippen LogP) is 6.14. The number of hydrogen-bond donors (Lipinski definition) is 0. The van der Waals surface area contributed by atoms with E-state index in [1.807, 2.05) is 6.08 Å². The Balaban J connectivity index is 3.87. The Morgan fingerprint density at radius 3 is 2.05 bits per heavy atom.